The number of fused-ring (bicyclic) bond motifs is 2. The zero-order chi connectivity index (χ0) is 18.9. The molecule has 4 heterocycles. The van der Waals surface area contributed by atoms with E-state index in [0.29, 0.717) is 18.2 Å². The van der Waals surface area contributed by atoms with Gasteiger partial charge in [0, 0.05) is 23.6 Å². The third kappa shape index (κ3) is 3.05. The number of hydrogen-bond acceptors (Lipinski definition) is 7. The van der Waals surface area contributed by atoms with Gasteiger partial charge in [0.1, 0.15) is 6.61 Å². The molecule has 8 heteroatoms. The van der Waals surface area contributed by atoms with Gasteiger partial charge in [0.2, 0.25) is 5.75 Å². The molecule has 3 N–H and O–H groups in total. The largest absolute Gasteiger partial charge is 0.485 e. The van der Waals surface area contributed by atoms with Crippen molar-refractivity contribution in [2.75, 3.05) is 30.3 Å². The molecule has 0 saturated heterocycles. The van der Waals surface area contributed by atoms with Gasteiger partial charge in [0.05, 0.1) is 22.6 Å². The van der Waals surface area contributed by atoms with E-state index < -0.39 is 0 Å². The number of aryl methyl sites for hydroxylation is 1. The lowest BCUT2D eigenvalue weighted by molar-refractivity contribution is 0.321. The molecule has 0 radical (unpaired) electrons. The minimum atomic E-state index is 0.604. The third-order valence-corrected chi connectivity index (χ3v) is 5.74. The number of ether oxygens (including phenoxy) is 1. The van der Waals surface area contributed by atoms with Crippen molar-refractivity contribution in [1.29, 1.82) is 0 Å². The summed E-state index contributed by atoms with van der Waals surface area (Å²) in [6.07, 6.45) is 2.96. The molecule has 0 fully saturated rings. The van der Waals surface area contributed by atoms with Gasteiger partial charge in [-0.15, -0.1) is 11.3 Å². The number of benzene rings is 1. The van der Waals surface area contributed by atoms with Crippen LogP contribution < -0.4 is 15.4 Å². The molecule has 7 nitrogen and oxygen atoms in total. The maximum Gasteiger partial charge on any atom is 0.204 e. The first-order valence-corrected chi connectivity index (χ1v) is 10.2. The normalized spacial score (nSPS) is 13.0. The topological polar surface area (TPSA) is 87.8 Å². The van der Waals surface area contributed by atoms with Crippen LogP contribution in [0.2, 0.25) is 0 Å². The van der Waals surface area contributed by atoms with E-state index in [4.69, 9.17) is 9.72 Å². The Morgan fingerprint density at radius 2 is 2.18 bits per heavy atom. The first kappa shape index (κ1) is 17.0. The molecule has 0 unspecified atom stereocenters. The summed E-state index contributed by atoms with van der Waals surface area (Å²) in [5, 5.41) is 8.03. The number of anilines is 2. The van der Waals surface area contributed by atoms with E-state index in [1.807, 2.05) is 18.5 Å². The molecule has 0 amide bonds. The van der Waals surface area contributed by atoms with Crippen LogP contribution in [0.1, 0.15) is 11.3 Å². The van der Waals surface area contributed by atoms with Gasteiger partial charge in [-0.3, -0.25) is 0 Å². The average Bonchev–Trinajstić information content (AvgIpc) is 3.34. The van der Waals surface area contributed by atoms with Crippen LogP contribution in [0.4, 0.5) is 11.6 Å². The first-order chi connectivity index (χ1) is 13.8. The van der Waals surface area contributed by atoms with Crippen molar-refractivity contribution in [2.24, 2.45) is 0 Å². The summed E-state index contributed by atoms with van der Waals surface area (Å²) in [5.41, 5.74) is 5.20. The van der Waals surface area contributed by atoms with Gasteiger partial charge in [-0.05, 0) is 25.0 Å². The molecule has 4 aromatic rings. The van der Waals surface area contributed by atoms with Gasteiger partial charge in [-0.25, -0.2) is 15.0 Å². The van der Waals surface area contributed by atoms with Crippen molar-refractivity contribution in [3.8, 4) is 16.5 Å². The minimum absolute atomic E-state index is 0.604. The Bertz CT molecular complexity index is 1130. The molecule has 1 aromatic carbocycles. The number of hydrogen-bond donors (Lipinski definition) is 3. The molecule has 28 heavy (non-hydrogen) atoms. The minimum Gasteiger partial charge on any atom is -0.485 e. The highest BCUT2D eigenvalue weighted by Crippen LogP contribution is 2.36. The monoisotopic (exact) mass is 392 g/mol. The quantitative estimate of drug-likeness (QED) is 0.478. The molecule has 0 bridgehead atoms. The Balaban J connectivity index is 1.41. The fraction of sp³-hybridized carbons (Fsp3) is 0.250. The van der Waals surface area contributed by atoms with Crippen molar-refractivity contribution < 1.29 is 4.74 Å². The fourth-order valence-electron chi connectivity index (χ4n) is 3.42. The van der Waals surface area contributed by atoms with Crippen LogP contribution in [0.3, 0.4) is 0 Å². The standard InChI is InChI=1S/C20H20N6OS/c1-12-17(28-11-24-12)20-25-18(16-19(26-20)22-8-9-27-16)21-7-6-13-10-23-15-5-3-2-4-14(13)15/h2-5,10-11,23H,6-9H2,1H3,(H2,21,22,25,26). The first-order valence-electron chi connectivity index (χ1n) is 9.27. The van der Waals surface area contributed by atoms with Gasteiger partial charge in [-0.2, -0.15) is 0 Å². The summed E-state index contributed by atoms with van der Waals surface area (Å²) in [6, 6.07) is 8.35. The number of rotatable bonds is 5. The Kier molecular flexibility index (Phi) is 4.32. The zero-order valence-electron chi connectivity index (χ0n) is 15.5. The zero-order valence-corrected chi connectivity index (χ0v) is 16.3. The maximum absolute atomic E-state index is 5.85. The SMILES string of the molecule is Cc1ncsc1-c1nc2c(c(NCCc3c[nH]c4ccccc34)n1)OCCN2. The molecule has 0 atom stereocenters. The second kappa shape index (κ2) is 7.12. The summed E-state index contributed by atoms with van der Waals surface area (Å²) in [7, 11) is 0. The highest BCUT2D eigenvalue weighted by molar-refractivity contribution is 7.13. The van der Waals surface area contributed by atoms with Crippen molar-refractivity contribution >= 4 is 33.9 Å². The second-order valence-electron chi connectivity index (χ2n) is 6.65. The van der Waals surface area contributed by atoms with E-state index in [-0.39, 0.29) is 0 Å². The van der Waals surface area contributed by atoms with E-state index in [1.54, 1.807) is 11.3 Å². The van der Waals surface area contributed by atoms with Gasteiger partial charge >= 0.3 is 0 Å². The van der Waals surface area contributed by atoms with E-state index in [9.17, 15) is 0 Å². The Hall–Kier alpha value is -3.13. The van der Waals surface area contributed by atoms with Crippen LogP contribution in [-0.4, -0.2) is 39.6 Å². The molecule has 5 rings (SSSR count). The fourth-order valence-corrected chi connectivity index (χ4v) is 4.16. The predicted molar refractivity (Wildman–Crippen MR) is 112 cm³/mol. The van der Waals surface area contributed by atoms with E-state index in [2.05, 4.69) is 50.0 Å². The number of aromatic nitrogens is 4. The van der Waals surface area contributed by atoms with Crippen LogP contribution in [0.5, 0.6) is 5.75 Å². The smallest absolute Gasteiger partial charge is 0.204 e. The predicted octanol–water partition coefficient (Wildman–Crippen LogP) is 3.85. The second-order valence-corrected chi connectivity index (χ2v) is 7.51. The highest BCUT2D eigenvalue weighted by atomic mass is 32.1. The summed E-state index contributed by atoms with van der Waals surface area (Å²) in [5.74, 6) is 2.82. The van der Waals surface area contributed by atoms with E-state index >= 15 is 0 Å². The lowest BCUT2D eigenvalue weighted by Gasteiger charge is -2.21. The summed E-state index contributed by atoms with van der Waals surface area (Å²) in [4.78, 5) is 18.0. The molecule has 1 aliphatic rings. The van der Waals surface area contributed by atoms with E-state index in [1.165, 1.54) is 10.9 Å². The molecule has 0 saturated carbocycles. The molecule has 142 valence electrons. The molecule has 0 spiro atoms. The maximum atomic E-state index is 5.85. The Morgan fingerprint density at radius 1 is 1.25 bits per heavy atom. The molecule has 3 aromatic heterocycles. The Labute approximate surface area is 166 Å². The number of para-hydroxylation sites is 1. The molecular formula is C20H20N6OS. The van der Waals surface area contributed by atoms with Crippen LogP contribution in [0.25, 0.3) is 21.6 Å². The van der Waals surface area contributed by atoms with Crippen LogP contribution in [-0.2, 0) is 6.42 Å². The molecular weight excluding hydrogens is 372 g/mol. The summed E-state index contributed by atoms with van der Waals surface area (Å²) < 4.78 is 5.85. The van der Waals surface area contributed by atoms with Crippen LogP contribution in [0.15, 0.2) is 36.0 Å². The number of thiazole rings is 1. The highest BCUT2D eigenvalue weighted by Gasteiger charge is 2.21. The number of H-pyrrole nitrogens is 1. The van der Waals surface area contributed by atoms with Gasteiger partial charge in [-0.1, -0.05) is 18.2 Å². The van der Waals surface area contributed by atoms with Gasteiger partial charge in [0.25, 0.3) is 0 Å². The summed E-state index contributed by atoms with van der Waals surface area (Å²) in [6.45, 7) is 4.06. The third-order valence-electron chi connectivity index (χ3n) is 4.82. The number of aromatic amines is 1. The van der Waals surface area contributed by atoms with Crippen molar-refractivity contribution in [2.45, 2.75) is 13.3 Å². The van der Waals surface area contributed by atoms with E-state index in [0.717, 1.165) is 47.2 Å². The van der Waals surface area contributed by atoms with Gasteiger partial charge in [0.15, 0.2) is 17.5 Å². The molecule has 0 aliphatic carbocycles. The Morgan fingerprint density at radius 3 is 3.07 bits per heavy atom. The lowest BCUT2D eigenvalue weighted by atomic mass is 10.1. The van der Waals surface area contributed by atoms with Crippen molar-refractivity contribution in [1.82, 2.24) is 19.9 Å². The van der Waals surface area contributed by atoms with Crippen molar-refractivity contribution in [3.63, 3.8) is 0 Å². The average molecular weight is 392 g/mol. The summed E-state index contributed by atoms with van der Waals surface area (Å²) >= 11 is 1.55. The number of nitrogens with one attached hydrogen (secondary N) is 3. The lowest BCUT2D eigenvalue weighted by Crippen LogP contribution is -2.21. The molecule has 1 aliphatic heterocycles. The van der Waals surface area contributed by atoms with Gasteiger partial charge < -0.3 is 20.4 Å². The van der Waals surface area contributed by atoms with Crippen LogP contribution >= 0.6 is 11.3 Å². The number of nitrogens with zero attached hydrogens (tertiary/aromatic N) is 3. The van der Waals surface area contributed by atoms with Crippen LogP contribution in [0, 0.1) is 6.92 Å². The van der Waals surface area contributed by atoms with Crippen molar-refractivity contribution in [3.05, 3.63) is 47.2 Å².